The molecule has 0 saturated carbocycles. The molecule has 1 aliphatic heterocycles. The van der Waals surface area contributed by atoms with Gasteiger partial charge in [-0.3, -0.25) is 5.43 Å². The molecule has 1 aliphatic rings. The maximum Gasteiger partial charge on any atom is 0.321 e. The van der Waals surface area contributed by atoms with Crippen LogP contribution in [0.4, 0.5) is 4.39 Å². The van der Waals surface area contributed by atoms with E-state index in [1.165, 1.54) is 0 Å². The average molecular weight is 134 g/mol. The molecule has 1 rings (SSSR count). The number of rotatable bonds is 1. The fourth-order valence-corrected chi connectivity index (χ4v) is 0.397. The summed E-state index contributed by atoms with van der Waals surface area (Å²) >= 11 is 0. The van der Waals surface area contributed by atoms with Crippen LogP contribution < -0.4 is 5.43 Å². The first-order valence-corrected chi connectivity index (χ1v) is 2.07. The van der Waals surface area contributed by atoms with E-state index in [1.807, 2.05) is 5.43 Å². The largest absolute Gasteiger partial charge is 0.321 e. The number of nitrogens with one attached hydrogen (secondary N) is 1. The highest BCUT2D eigenvalue weighted by atomic mass is 19.1. The van der Waals surface area contributed by atoms with Crippen molar-refractivity contribution < 1.29 is 9.42 Å². The van der Waals surface area contributed by atoms with Crippen LogP contribution in [0.3, 0.4) is 0 Å². The van der Waals surface area contributed by atoms with Crippen LogP contribution in [-0.4, -0.2) is 22.8 Å². The summed E-state index contributed by atoms with van der Waals surface area (Å²) in [6.45, 7) is 0. The van der Waals surface area contributed by atoms with Gasteiger partial charge in [-0.05, 0) is 5.01 Å². The summed E-state index contributed by atoms with van der Waals surface area (Å²) in [6.07, 6.45) is -1.06. The molecular formula is C2H3FN4O2. The lowest BCUT2D eigenvalue weighted by atomic mass is 11.0. The van der Waals surface area contributed by atoms with Gasteiger partial charge >= 0.3 is 6.42 Å². The van der Waals surface area contributed by atoms with Gasteiger partial charge in [0, 0.05) is 0 Å². The molecule has 1 unspecified atom stereocenters. The molecule has 0 aromatic heterocycles. The first-order valence-electron chi connectivity index (χ1n) is 2.07. The van der Waals surface area contributed by atoms with E-state index in [-0.39, 0.29) is 5.01 Å². The van der Waals surface area contributed by atoms with Crippen LogP contribution in [0.1, 0.15) is 0 Å². The molecule has 1 N–H and O–H groups in total. The Balaban J connectivity index is 2.59. The summed E-state index contributed by atoms with van der Waals surface area (Å²) < 4.78 is 12.1. The lowest BCUT2D eigenvalue weighted by Gasteiger charge is -2.03. The molecule has 1 heterocycles. The Morgan fingerprint density at radius 2 is 2.67 bits per heavy atom. The number of alkyl halides is 1. The molecule has 0 bridgehead atoms. The van der Waals surface area contributed by atoms with Crippen LogP contribution in [0.2, 0.25) is 0 Å². The number of hydrazine groups is 1. The first-order chi connectivity index (χ1) is 4.22. The van der Waals surface area contributed by atoms with Gasteiger partial charge < -0.3 is 0 Å². The topological polar surface area (TPSA) is 70.8 Å². The molecule has 7 heteroatoms. The minimum absolute atomic E-state index is 0.222. The number of hydrazone groups is 1. The van der Waals surface area contributed by atoms with Crippen molar-refractivity contribution in [3.63, 3.8) is 0 Å². The van der Waals surface area contributed by atoms with Gasteiger partial charge in [0.05, 0.1) is 0 Å². The molecule has 6 nitrogen and oxygen atoms in total. The molecule has 1 atom stereocenters. The van der Waals surface area contributed by atoms with E-state index < -0.39 is 11.5 Å². The molecule has 0 amide bonds. The van der Waals surface area contributed by atoms with Gasteiger partial charge in [0.2, 0.25) is 0 Å². The van der Waals surface area contributed by atoms with Crippen LogP contribution in [0.25, 0.3) is 0 Å². The van der Waals surface area contributed by atoms with Crippen LogP contribution in [-0.2, 0) is 0 Å². The minimum Gasteiger partial charge on any atom is -0.254 e. The standard InChI is InChI=1S/C2H3FN4O2/c3-2-5-4-1-6(2)7(8)9/h1-2,5H. The summed E-state index contributed by atoms with van der Waals surface area (Å²) in [7, 11) is 0. The Labute approximate surface area is 49.1 Å². The van der Waals surface area contributed by atoms with Crippen molar-refractivity contribution in [2.24, 2.45) is 5.10 Å². The number of hydrogen-bond donors (Lipinski definition) is 1. The summed E-state index contributed by atoms with van der Waals surface area (Å²) in [4.78, 5) is 9.77. The maximum absolute atomic E-state index is 12.1. The summed E-state index contributed by atoms with van der Waals surface area (Å²) in [5.74, 6) is 0. The molecule has 0 aromatic carbocycles. The quantitative estimate of drug-likeness (QED) is 0.292. The zero-order valence-corrected chi connectivity index (χ0v) is 4.19. The second-order valence-electron chi connectivity index (χ2n) is 1.33. The molecule has 0 aromatic rings. The lowest BCUT2D eigenvalue weighted by Crippen LogP contribution is -2.36. The van der Waals surface area contributed by atoms with Crippen molar-refractivity contribution in [1.29, 1.82) is 0 Å². The Hall–Kier alpha value is -1.40. The summed E-state index contributed by atoms with van der Waals surface area (Å²) in [6, 6.07) is 0. The Morgan fingerprint density at radius 3 is 2.89 bits per heavy atom. The lowest BCUT2D eigenvalue weighted by molar-refractivity contribution is -0.641. The van der Waals surface area contributed by atoms with Crippen LogP contribution in [0.5, 0.6) is 0 Å². The van der Waals surface area contributed by atoms with Gasteiger partial charge in [-0.15, -0.1) is 0 Å². The second kappa shape index (κ2) is 1.84. The van der Waals surface area contributed by atoms with E-state index in [4.69, 9.17) is 0 Å². The highest BCUT2D eigenvalue weighted by Crippen LogP contribution is 1.99. The molecule has 50 valence electrons. The van der Waals surface area contributed by atoms with Gasteiger partial charge in [0.25, 0.3) is 0 Å². The SMILES string of the molecule is O=[N+]([O-])N1C=NNC1F. The molecule has 0 saturated heterocycles. The molecule has 0 fully saturated rings. The molecular weight excluding hydrogens is 131 g/mol. The van der Waals surface area contributed by atoms with Crippen molar-refractivity contribution in [3.05, 3.63) is 10.1 Å². The molecule has 9 heavy (non-hydrogen) atoms. The van der Waals surface area contributed by atoms with Crippen molar-refractivity contribution in [1.82, 2.24) is 10.4 Å². The predicted octanol–water partition coefficient (Wildman–Crippen LogP) is -0.720. The maximum atomic E-state index is 12.1. The third-order valence-electron chi connectivity index (χ3n) is 0.778. The Morgan fingerprint density at radius 1 is 2.00 bits per heavy atom. The minimum atomic E-state index is -1.83. The number of hydrogen-bond acceptors (Lipinski definition) is 4. The third-order valence-corrected chi connectivity index (χ3v) is 0.778. The number of halogens is 1. The smallest absolute Gasteiger partial charge is 0.254 e. The van der Waals surface area contributed by atoms with Crippen molar-refractivity contribution in [2.45, 2.75) is 6.42 Å². The van der Waals surface area contributed by atoms with Gasteiger partial charge in [-0.2, -0.15) is 9.49 Å². The van der Waals surface area contributed by atoms with E-state index >= 15 is 0 Å². The highest BCUT2D eigenvalue weighted by molar-refractivity contribution is 5.54. The zero-order chi connectivity index (χ0) is 6.85. The highest BCUT2D eigenvalue weighted by Gasteiger charge is 2.28. The fourth-order valence-electron chi connectivity index (χ4n) is 0.397. The van der Waals surface area contributed by atoms with E-state index in [1.54, 1.807) is 0 Å². The van der Waals surface area contributed by atoms with E-state index in [2.05, 4.69) is 5.10 Å². The predicted molar refractivity (Wildman–Crippen MR) is 25.4 cm³/mol. The van der Waals surface area contributed by atoms with Gasteiger partial charge in [0.1, 0.15) is 0 Å². The first kappa shape index (κ1) is 5.73. The molecule has 0 spiro atoms. The number of nitrogens with zero attached hydrogens (tertiary/aromatic N) is 3. The Bertz CT molecular complexity index is 159. The van der Waals surface area contributed by atoms with Gasteiger partial charge in [0.15, 0.2) is 11.4 Å². The average Bonchev–Trinajstić information content (AvgIpc) is 2.13. The normalized spacial score (nSPS) is 24.1. The van der Waals surface area contributed by atoms with Crippen LogP contribution >= 0.6 is 0 Å². The monoisotopic (exact) mass is 134 g/mol. The van der Waals surface area contributed by atoms with E-state index in [0.717, 1.165) is 6.34 Å². The molecule has 0 radical (unpaired) electrons. The third kappa shape index (κ3) is 0.880. The second-order valence-corrected chi connectivity index (χ2v) is 1.33. The van der Waals surface area contributed by atoms with Gasteiger partial charge in [-0.25, -0.2) is 10.1 Å². The Kier molecular flexibility index (Phi) is 1.17. The van der Waals surface area contributed by atoms with E-state index in [0.29, 0.717) is 0 Å². The van der Waals surface area contributed by atoms with Crippen molar-refractivity contribution >= 4 is 6.34 Å². The van der Waals surface area contributed by atoms with Crippen molar-refractivity contribution in [2.75, 3.05) is 0 Å². The van der Waals surface area contributed by atoms with Gasteiger partial charge in [-0.1, -0.05) is 0 Å². The number of nitro groups is 1. The zero-order valence-electron chi connectivity index (χ0n) is 4.19. The van der Waals surface area contributed by atoms with Crippen LogP contribution in [0.15, 0.2) is 5.10 Å². The van der Waals surface area contributed by atoms with Crippen molar-refractivity contribution in [3.8, 4) is 0 Å². The summed E-state index contributed by atoms with van der Waals surface area (Å²) in [5.41, 5.74) is 1.84. The van der Waals surface area contributed by atoms with Crippen LogP contribution in [0, 0.1) is 10.1 Å². The fraction of sp³-hybridized carbons (Fsp3) is 0.500. The summed E-state index contributed by atoms with van der Waals surface area (Å²) in [5, 5.41) is 12.2. The molecule has 0 aliphatic carbocycles. The van der Waals surface area contributed by atoms with E-state index in [9.17, 15) is 14.5 Å².